The molecule has 1 amide bonds. The number of nitro benzene ring substituents is 1. The highest BCUT2D eigenvalue weighted by molar-refractivity contribution is 6.24. The fraction of sp³-hybridized carbons (Fsp3) is 0.160. The Labute approximate surface area is 176 Å². The van der Waals surface area contributed by atoms with E-state index in [0.717, 1.165) is 11.1 Å². The SMILES string of the molecule is CC(C)(Cc1ccccc1)NC(=O)/C(=C/c1cccc([N+](=O)[O-])c1)c1ccccc1. The number of hydrogen-bond donors (Lipinski definition) is 1. The van der Waals surface area contributed by atoms with Gasteiger partial charge in [-0.2, -0.15) is 0 Å². The van der Waals surface area contributed by atoms with Gasteiger partial charge >= 0.3 is 0 Å². The Morgan fingerprint density at radius 3 is 2.23 bits per heavy atom. The Morgan fingerprint density at radius 1 is 0.967 bits per heavy atom. The van der Waals surface area contributed by atoms with Crippen molar-refractivity contribution in [3.63, 3.8) is 0 Å². The molecule has 0 aliphatic carbocycles. The van der Waals surface area contributed by atoms with E-state index >= 15 is 0 Å². The van der Waals surface area contributed by atoms with Crippen molar-refractivity contribution in [3.05, 3.63) is 112 Å². The maximum Gasteiger partial charge on any atom is 0.270 e. The summed E-state index contributed by atoms with van der Waals surface area (Å²) in [4.78, 5) is 23.9. The summed E-state index contributed by atoms with van der Waals surface area (Å²) >= 11 is 0. The number of non-ortho nitro benzene ring substituents is 1. The summed E-state index contributed by atoms with van der Waals surface area (Å²) in [5.74, 6) is -0.228. The third-order valence-electron chi connectivity index (χ3n) is 4.66. The summed E-state index contributed by atoms with van der Waals surface area (Å²) in [5, 5.41) is 14.2. The van der Waals surface area contributed by atoms with E-state index in [1.54, 1.807) is 18.2 Å². The highest BCUT2D eigenvalue weighted by atomic mass is 16.6. The Morgan fingerprint density at radius 2 is 1.60 bits per heavy atom. The Bertz CT molecular complexity index is 1060. The van der Waals surface area contributed by atoms with Crippen LogP contribution in [0.15, 0.2) is 84.9 Å². The minimum Gasteiger partial charge on any atom is -0.347 e. The van der Waals surface area contributed by atoms with Gasteiger partial charge in [-0.05, 0) is 43.0 Å². The molecule has 0 atom stereocenters. The molecule has 0 bridgehead atoms. The third-order valence-corrected chi connectivity index (χ3v) is 4.66. The molecule has 3 aromatic carbocycles. The first-order valence-electron chi connectivity index (χ1n) is 9.72. The molecule has 0 aliphatic heterocycles. The van der Waals surface area contributed by atoms with Crippen LogP contribution < -0.4 is 5.32 Å². The van der Waals surface area contributed by atoms with Gasteiger partial charge in [-0.25, -0.2) is 0 Å². The van der Waals surface area contributed by atoms with Crippen LogP contribution in [0.3, 0.4) is 0 Å². The highest BCUT2D eigenvalue weighted by Crippen LogP contribution is 2.23. The molecule has 0 aliphatic rings. The van der Waals surface area contributed by atoms with Gasteiger partial charge in [-0.3, -0.25) is 14.9 Å². The van der Waals surface area contributed by atoms with Crippen LogP contribution in [-0.2, 0) is 11.2 Å². The predicted molar refractivity (Wildman–Crippen MR) is 120 cm³/mol. The second kappa shape index (κ2) is 9.18. The number of carbonyl (C=O) groups excluding carboxylic acids is 1. The smallest absolute Gasteiger partial charge is 0.270 e. The molecule has 0 saturated carbocycles. The molecule has 3 aromatic rings. The van der Waals surface area contributed by atoms with Crippen molar-refractivity contribution in [2.75, 3.05) is 0 Å². The van der Waals surface area contributed by atoms with E-state index in [1.165, 1.54) is 12.1 Å². The van der Waals surface area contributed by atoms with Gasteiger partial charge in [0.25, 0.3) is 11.6 Å². The summed E-state index contributed by atoms with van der Waals surface area (Å²) < 4.78 is 0. The van der Waals surface area contributed by atoms with Crippen molar-refractivity contribution >= 4 is 23.2 Å². The van der Waals surface area contributed by atoms with Gasteiger partial charge in [-0.15, -0.1) is 0 Å². The van der Waals surface area contributed by atoms with Crippen molar-refractivity contribution in [2.45, 2.75) is 25.8 Å². The van der Waals surface area contributed by atoms with E-state index in [1.807, 2.05) is 74.5 Å². The van der Waals surface area contributed by atoms with E-state index < -0.39 is 10.5 Å². The van der Waals surface area contributed by atoms with Crippen molar-refractivity contribution in [1.82, 2.24) is 5.32 Å². The topological polar surface area (TPSA) is 72.2 Å². The molecule has 0 aromatic heterocycles. The first kappa shape index (κ1) is 21.0. The van der Waals surface area contributed by atoms with Crippen LogP contribution in [0, 0.1) is 10.1 Å². The van der Waals surface area contributed by atoms with E-state index in [0.29, 0.717) is 17.6 Å². The molecule has 0 spiro atoms. The van der Waals surface area contributed by atoms with Gasteiger partial charge in [0.2, 0.25) is 0 Å². The van der Waals surface area contributed by atoms with Gasteiger partial charge in [-0.1, -0.05) is 72.8 Å². The van der Waals surface area contributed by atoms with Crippen LogP contribution in [-0.4, -0.2) is 16.4 Å². The minimum atomic E-state index is -0.477. The highest BCUT2D eigenvalue weighted by Gasteiger charge is 2.23. The first-order chi connectivity index (χ1) is 14.3. The Kier molecular flexibility index (Phi) is 6.42. The second-order valence-electron chi connectivity index (χ2n) is 7.78. The number of benzene rings is 3. The maximum atomic E-state index is 13.3. The quantitative estimate of drug-likeness (QED) is 0.254. The average molecular weight is 400 g/mol. The first-order valence-corrected chi connectivity index (χ1v) is 9.72. The lowest BCUT2D eigenvalue weighted by molar-refractivity contribution is -0.384. The number of carbonyl (C=O) groups is 1. The summed E-state index contributed by atoms with van der Waals surface area (Å²) in [7, 11) is 0. The number of amides is 1. The normalized spacial score (nSPS) is 11.7. The number of nitrogens with zero attached hydrogens (tertiary/aromatic N) is 1. The Hall–Kier alpha value is -3.73. The second-order valence-corrected chi connectivity index (χ2v) is 7.78. The van der Waals surface area contributed by atoms with E-state index in [9.17, 15) is 14.9 Å². The largest absolute Gasteiger partial charge is 0.347 e. The lowest BCUT2D eigenvalue weighted by Gasteiger charge is -2.27. The zero-order valence-electron chi connectivity index (χ0n) is 17.0. The molecule has 30 heavy (non-hydrogen) atoms. The molecule has 3 rings (SSSR count). The van der Waals surface area contributed by atoms with Crippen LogP contribution in [0.25, 0.3) is 11.6 Å². The zero-order chi connectivity index (χ0) is 21.6. The fourth-order valence-corrected chi connectivity index (χ4v) is 3.32. The van der Waals surface area contributed by atoms with Crippen LogP contribution in [0.1, 0.15) is 30.5 Å². The number of nitro groups is 1. The zero-order valence-corrected chi connectivity index (χ0v) is 17.0. The monoisotopic (exact) mass is 400 g/mol. The minimum absolute atomic E-state index is 0.0130. The summed E-state index contributed by atoms with van der Waals surface area (Å²) in [5.41, 5.74) is 2.44. The number of hydrogen-bond acceptors (Lipinski definition) is 3. The molecule has 0 fully saturated rings. The molecule has 0 heterocycles. The van der Waals surface area contributed by atoms with Gasteiger partial charge in [0.1, 0.15) is 0 Å². The molecule has 0 radical (unpaired) electrons. The Balaban J connectivity index is 1.92. The molecule has 5 heteroatoms. The van der Waals surface area contributed by atoms with Gasteiger partial charge in [0.15, 0.2) is 0 Å². The molecular weight excluding hydrogens is 376 g/mol. The standard InChI is InChI=1S/C25H24N2O3/c1-25(2,18-19-10-5-3-6-11-19)26-24(28)23(21-13-7-4-8-14-21)17-20-12-9-15-22(16-20)27(29)30/h3-17H,18H2,1-2H3,(H,26,28)/b23-17+. The van der Waals surface area contributed by atoms with Crippen molar-refractivity contribution in [1.29, 1.82) is 0 Å². The van der Waals surface area contributed by atoms with E-state index in [4.69, 9.17) is 0 Å². The van der Waals surface area contributed by atoms with Crippen molar-refractivity contribution in [2.24, 2.45) is 0 Å². The average Bonchev–Trinajstić information content (AvgIpc) is 2.72. The maximum absolute atomic E-state index is 13.3. The van der Waals surface area contributed by atoms with Crippen molar-refractivity contribution in [3.8, 4) is 0 Å². The summed E-state index contributed by atoms with van der Waals surface area (Å²) in [6.07, 6.45) is 2.37. The molecule has 5 nitrogen and oxygen atoms in total. The fourth-order valence-electron chi connectivity index (χ4n) is 3.32. The van der Waals surface area contributed by atoms with Crippen LogP contribution in [0.4, 0.5) is 5.69 Å². The lowest BCUT2D eigenvalue weighted by Crippen LogP contribution is -2.45. The lowest BCUT2D eigenvalue weighted by atomic mass is 9.93. The van der Waals surface area contributed by atoms with Gasteiger partial charge in [0.05, 0.1) is 4.92 Å². The molecular formula is C25H24N2O3. The number of rotatable bonds is 7. The summed E-state index contributed by atoms with van der Waals surface area (Å²) in [6, 6.07) is 25.6. The van der Waals surface area contributed by atoms with Crippen LogP contribution in [0.5, 0.6) is 0 Å². The molecule has 0 saturated heterocycles. The third kappa shape index (κ3) is 5.64. The van der Waals surface area contributed by atoms with Crippen LogP contribution in [0.2, 0.25) is 0 Å². The van der Waals surface area contributed by atoms with Gasteiger partial charge < -0.3 is 5.32 Å². The van der Waals surface area contributed by atoms with Crippen LogP contribution >= 0.6 is 0 Å². The van der Waals surface area contributed by atoms with E-state index in [2.05, 4.69) is 5.32 Å². The summed E-state index contributed by atoms with van der Waals surface area (Å²) in [6.45, 7) is 3.96. The van der Waals surface area contributed by atoms with Crippen molar-refractivity contribution < 1.29 is 9.72 Å². The molecule has 0 unspecified atom stereocenters. The van der Waals surface area contributed by atoms with E-state index in [-0.39, 0.29) is 11.6 Å². The predicted octanol–water partition coefficient (Wildman–Crippen LogP) is 5.27. The number of nitrogens with one attached hydrogen (secondary N) is 1. The van der Waals surface area contributed by atoms with Gasteiger partial charge in [0, 0.05) is 23.2 Å². The molecule has 152 valence electrons. The molecule has 1 N–H and O–H groups in total.